The van der Waals surface area contributed by atoms with Gasteiger partial charge in [0.2, 0.25) is 5.88 Å². The summed E-state index contributed by atoms with van der Waals surface area (Å²) < 4.78 is 3.37. The minimum atomic E-state index is -1.13. The maximum atomic E-state index is 10.0. The van der Waals surface area contributed by atoms with Crippen LogP contribution in [0.15, 0.2) is 18.7 Å². The molecule has 7 nitrogen and oxygen atoms in total. The van der Waals surface area contributed by atoms with Crippen molar-refractivity contribution in [3.63, 3.8) is 0 Å². The number of aliphatic hydroxyl groups is 2. The highest BCUT2D eigenvalue weighted by Crippen LogP contribution is 2.38. The molecule has 0 amide bonds. The van der Waals surface area contributed by atoms with Crippen LogP contribution < -0.4 is 0 Å². The number of hydrogen-bond donors (Lipinski definition) is 4. The van der Waals surface area contributed by atoms with Crippen LogP contribution in [0.1, 0.15) is 30.7 Å². The first-order valence-electron chi connectivity index (χ1n) is 6.98. The molecule has 0 aliphatic rings. The van der Waals surface area contributed by atoms with Gasteiger partial charge in [-0.05, 0) is 12.8 Å². The topological polar surface area (TPSA) is 104 Å². The zero-order valence-corrected chi connectivity index (χ0v) is 12.0. The lowest BCUT2D eigenvalue weighted by Crippen LogP contribution is -2.13. The van der Waals surface area contributed by atoms with Crippen LogP contribution in [0.4, 0.5) is 0 Å². The molecule has 116 valence electrons. The van der Waals surface area contributed by atoms with Gasteiger partial charge in [0.25, 0.3) is 0 Å². The minimum Gasteiger partial charge on any atom is -0.503 e. The van der Waals surface area contributed by atoms with E-state index in [4.69, 9.17) is 5.11 Å². The summed E-state index contributed by atoms with van der Waals surface area (Å²) in [5.74, 6) is -0.484. The first kappa shape index (κ1) is 15.4. The van der Waals surface area contributed by atoms with Crippen LogP contribution in [0.25, 0.3) is 0 Å². The molecule has 1 atom stereocenters. The molecule has 0 aliphatic heterocycles. The van der Waals surface area contributed by atoms with E-state index in [2.05, 4.69) is 4.98 Å². The number of hydrogen-bond acceptors (Lipinski definition) is 5. The third-order valence-electron chi connectivity index (χ3n) is 3.55. The first-order valence-corrected chi connectivity index (χ1v) is 6.98. The predicted molar refractivity (Wildman–Crippen MR) is 76.0 cm³/mol. The molecule has 0 saturated carbocycles. The fourth-order valence-corrected chi connectivity index (χ4v) is 2.53. The van der Waals surface area contributed by atoms with Crippen molar-refractivity contribution in [2.24, 2.45) is 0 Å². The molecular weight excluding hydrogens is 274 g/mol. The van der Waals surface area contributed by atoms with Gasteiger partial charge in [-0.1, -0.05) is 6.92 Å². The SMILES string of the molecule is CCc1c(O)c(O)n(CCCn2ccnc2)c1C(O)CO. The molecule has 2 rings (SSSR count). The quantitative estimate of drug-likeness (QED) is 0.604. The Labute approximate surface area is 122 Å². The monoisotopic (exact) mass is 295 g/mol. The molecule has 4 N–H and O–H groups in total. The van der Waals surface area contributed by atoms with E-state index in [9.17, 15) is 15.3 Å². The summed E-state index contributed by atoms with van der Waals surface area (Å²) in [5, 5.41) is 39.1. The molecule has 2 heterocycles. The lowest BCUT2D eigenvalue weighted by molar-refractivity contribution is 0.0876. The number of rotatable bonds is 7. The molecule has 0 aliphatic carbocycles. The third kappa shape index (κ3) is 3.03. The standard InChI is InChI=1S/C14H21N3O4/c1-2-10-12(11(19)8-18)17(14(21)13(10)20)6-3-5-16-7-4-15-9-16/h4,7,9,11,18-21H,2-3,5-6,8H2,1H3. The molecule has 0 radical (unpaired) electrons. The van der Waals surface area contributed by atoms with Gasteiger partial charge < -0.3 is 29.6 Å². The molecule has 0 saturated heterocycles. The van der Waals surface area contributed by atoms with Crippen molar-refractivity contribution in [2.75, 3.05) is 6.61 Å². The maximum absolute atomic E-state index is 10.0. The molecule has 1 unspecified atom stereocenters. The molecular formula is C14H21N3O4. The molecule has 2 aromatic heterocycles. The van der Waals surface area contributed by atoms with Crippen molar-refractivity contribution in [3.05, 3.63) is 30.0 Å². The van der Waals surface area contributed by atoms with Crippen molar-refractivity contribution in [2.45, 2.75) is 39.0 Å². The Kier molecular flexibility index (Phi) is 4.87. The summed E-state index contributed by atoms with van der Waals surface area (Å²) in [6.45, 7) is 2.48. The first-order chi connectivity index (χ1) is 10.1. The van der Waals surface area contributed by atoms with E-state index in [1.165, 1.54) is 4.57 Å². The summed E-state index contributed by atoms with van der Waals surface area (Å²) in [4.78, 5) is 3.95. The summed E-state index contributed by atoms with van der Waals surface area (Å²) in [6.07, 6.45) is 5.25. The molecule has 0 spiro atoms. The molecule has 0 aromatic carbocycles. The Morgan fingerprint density at radius 1 is 1.29 bits per heavy atom. The van der Waals surface area contributed by atoms with Gasteiger partial charge >= 0.3 is 0 Å². The number of aromatic hydroxyl groups is 2. The largest absolute Gasteiger partial charge is 0.503 e. The van der Waals surface area contributed by atoms with Gasteiger partial charge in [0.15, 0.2) is 5.75 Å². The van der Waals surface area contributed by atoms with Crippen molar-refractivity contribution in [1.29, 1.82) is 0 Å². The smallest absolute Gasteiger partial charge is 0.235 e. The van der Waals surface area contributed by atoms with Crippen LogP contribution in [0.5, 0.6) is 11.6 Å². The normalized spacial score (nSPS) is 12.7. The van der Waals surface area contributed by atoms with Gasteiger partial charge in [-0.25, -0.2) is 4.98 Å². The van der Waals surface area contributed by atoms with Gasteiger partial charge in [0.1, 0.15) is 6.10 Å². The lowest BCUT2D eigenvalue weighted by Gasteiger charge is -2.15. The van der Waals surface area contributed by atoms with Crippen LogP contribution in [-0.4, -0.2) is 41.2 Å². The minimum absolute atomic E-state index is 0.220. The summed E-state index contributed by atoms with van der Waals surface area (Å²) >= 11 is 0. The summed E-state index contributed by atoms with van der Waals surface area (Å²) in [5.41, 5.74) is 0.845. The van der Waals surface area contributed by atoms with E-state index in [0.717, 1.165) is 0 Å². The van der Waals surface area contributed by atoms with Crippen molar-refractivity contribution in [1.82, 2.24) is 14.1 Å². The number of aliphatic hydroxyl groups excluding tert-OH is 2. The van der Waals surface area contributed by atoms with Crippen LogP contribution in [0.3, 0.4) is 0 Å². The zero-order chi connectivity index (χ0) is 15.4. The zero-order valence-electron chi connectivity index (χ0n) is 12.0. The second kappa shape index (κ2) is 6.64. The van der Waals surface area contributed by atoms with E-state index < -0.39 is 12.7 Å². The second-order valence-electron chi connectivity index (χ2n) is 4.89. The number of aryl methyl sites for hydroxylation is 1. The summed E-state index contributed by atoms with van der Waals surface area (Å²) in [6, 6.07) is 0. The van der Waals surface area contributed by atoms with E-state index in [1.807, 2.05) is 17.7 Å². The average molecular weight is 295 g/mol. The Bertz CT molecular complexity index is 578. The Balaban J connectivity index is 2.20. The second-order valence-corrected chi connectivity index (χ2v) is 4.89. The third-order valence-corrected chi connectivity index (χ3v) is 3.55. The van der Waals surface area contributed by atoms with Crippen LogP contribution in [0, 0.1) is 0 Å². The van der Waals surface area contributed by atoms with E-state index in [-0.39, 0.29) is 11.6 Å². The Morgan fingerprint density at radius 3 is 2.62 bits per heavy atom. The number of imidazole rings is 1. The molecule has 0 fully saturated rings. The van der Waals surface area contributed by atoms with Crippen molar-refractivity contribution in [3.8, 4) is 11.6 Å². The van der Waals surface area contributed by atoms with Crippen LogP contribution >= 0.6 is 0 Å². The Hall–Kier alpha value is -1.99. The fraction of sp³-hybridized carbons (Fsp3) is 0.500. The molecule has 21 heavy (non-hydrogen) atoms. The molecule has 0 bridgehead atoms. The van der Waals surface area contributed by atoms with Gasteiger partial charge in [-0.2, -0.15) is 0 Å². The van der Waals surface area contributed by atoms with Gasteiger partial charge in [-0.3, -0.25) is 0 Å². The van der Waals surface area contributed by atoms with E-state index >= 15 is 0 Å². The van der Waals surface area contributed by atoms with Crippen LogP contribution in [0.2, 0.25) is 0 Å². The van der Waals surface area contributed by atoms with Crippen molar-refractivity contribution < 1.29 is 20.4 Å². The highest BCUT2D eigenvalue weighted by atomic mass is 16.3. The highest BCUT2D eigenvalue weighted by Gasteiger charge is 2.25. The maximum Gasteiger partial charge on any atom is 0.235 e. The van der Waals surface area contributed by atoms with Gasteiger partial charge in [-0.15, -0.1) is 0 Å². The summed E-state index contributed by atoms with van der Waals surface area (Å²) in [7, 11) is 0. The molecule has 7 heteroatoms. The average Bonchev–Trinajstić information content (AvgIpc) is 3.08. The number of aromatic nitrogens is 3. The van der Waals surface area contributed by atoms with Gasteiger partial charge in [0, 0.05) is 31.0 Å². The van der Waals surface area contributed by atoms with Crippen molar-refractivity contribution >= 4 is 0 Å². The van der Waals surface area contributed by atoms with Gasteiger partial charge in [0.05, 0.1) is 18.6 Å². The molecule has 2 aromatic rings. The number of nitrogens with zero attached hydrogens (tertiary/aromatic N) is 3. The Morgan fingerprint density at radius 2 is 2.05 bits per heavy atom. The predicted octanol–water partition coefficient (Wildman–Crippen LogP) is 0.774. The lowest BCUT2D eigenvalue weighted by atomic mass is 10.1. The highest BCUT2D eigenvalue weighted by molar-refractivity contribution is 5.48. The van der Waals surface area contributed by atoms with E-state index in [1.54, 1.807) is 12.5 Å². The van der Waals surface area contributed by atoms with E-state index in [0.29, 0.717) is 37.2 Å². The van der Waals surface area contributed by atoms with Crippen LogP contribution in [-0.2, 0) is 19.5 Å². The fourth-order valence-electron chi connectivity index (χ4n) is 2.53.